The van der Waals surface area contributed by atoms with Crippen molar-refractivity contribution in [3.63, 3.8) is 0 Å². The summed E-state index contributed by atoms with van der Waals surface area (Å²) in [6.07, 6.45) is 3.74. The van der Waals surface area contributed by atoms with E-state index in [1.165, 1.54) is 0 Å². The van der Waals surface area contributed by atoms with Crippen LogP contribution < -0.4 is 10.1 Å². The minimum atomic E-state index is -0.158. The first-order chi connectivity index (χ1) is 12.1. The first-order valence-corrected chi connectivity index (χ1v) is 8.77. The van der Waals surface area contributed by atoms with Crippen LogP contribution in [0.3, 0.4) is 0 Å². The van der Waals surface area contributed by atoms with E-state index in [2.05, 4.69) is 15.6 Å². The fraction of sp³-hybridized carbons (Fsp3) is 0.471. The molecule has 0 aliphatic carbocycles. The van der Waals surface area contributed by atoms with Crippen LogP contribution in [0, 0.1) is 0 Å². The molecule has 134 valence electrons. The number of benzene rings is 1. The lowest BCUT2D eigenvalue weighted by Gasteiger charge is -2.22. The number of amides is 1. The van der Waals surface area contributed by atoms with Crippen LogP contribution in [0.2, 0.25) is 5.02 Å². The molecule has 0 radical (unpaired) electrons. The fourth-order valence-electron chi connectivity index (χ4n) is 2.78. The maximum absolute atomic E-state index is 12.5. The number of carbonyl (C=O) groups excluding carboxylic acids is 1. The number of likely N-dealkylation sites (N-methyl/N-ethyl adjacent to an activating group) is 1. The number of ether oxygens (including phenoxy) is 1. The molecule has 0 bridgehead atoms. The van der Waals surface area contributed by atoms with Gasteiger partial charge >= 0.3 is 0 Å². The Morgan fingerprint density at radius 2 is 2.24 bits per heavy atom. The largest absolute Gasteiger partial charge is 0.492 e. The molecule has 1 saturated heterocycles. The lowest BCUT2D eigenvalue weighted by molar-refractivity contribution is 0.0768. The van der Waals surface area contributed by atoms with Gasteiger partial charge in [0.2, 0.25) is 0 Å². The maximum atomic E-state index is 12.5. The van der Waals surface area contributed by atoms with Crippen LogP contribution in [0.5, 0.6) is 5.75 Å². The fourth-order valence-corrected chi connectivity index (χ4v) is 2.96. The molecule has 1 fully saturated rings. The molecule has 25 heavy (non-hydrogen) atoms. The first-order valence-electron chi connectivity index (χ1n) is 8.40. The Morgan fingerprint density at radius 1 is 1.44 bits per heavy atom. The molecule has 8 heteroatoms. The number of halogens is 1. The van der Waals surface area contributed by atoms with Gasteiger partial charge in [-0.2, -0.15) is 0 Å². The quantitative estimate of drug-likeness (QED) is 0.850. The van der Waals surface area contributed by atoms with E-state index in [1.54, 1.807) is 30.3 Å². The molecule has 1 aliphatic rings. The van der Waals surface area contributed by atoms with Crippen molar-refractivity contribution >= 4 is 17.5 Å². The topological polar surface area (TPSA) is 72.3 Å². The monoisotopic (exact) mass is 363 g/mol. The third-order valence-corrected chi connectivity index (χ3v) is 4.49. The summed E-state index contributed by atoms with van der Waals surface area (Å²) in [6, 6.07) is 7.50. The summed E-state index contributed by atoms with van der Waals surface area (Å²) in [5, 5.41) is 12.1. The Bertz CT molecular complexity index is 715. The molecule has 1 amide bonds. The molecule has 0 spiro atoms. The van der Waals surface area contributed by atoms with Crippen molar-refractivity contribution in [3.05, 3.63) is 41.2 Å². The van der Waals surface area contributed by atoms with Gasteiger partial charge in [0, 0.05) is 12.1 Å². The minimum Gasteiger partial charge on any atom is -0.492 e. The van der Waals surface area contributed by atoms with Gasteiger partial charge < -0.3 is 15.0 Å². The predicted octanol–water partition coefficient (Wildman–Crippen LogP) is 2.01. The van der Waals surface area contributed by atoms with Crippen molar-refractivity contribution in [2.45, 2.75) is 18.9 Å². The van der Waals surface area contributed by atoms with Crippen molar-refractivity contribution in [2.24, 2.45) is 0 Å². The average Bonchev–Trinajstić information content (AvgIpc) is 3.12. The number of nitrogens with one attached hydrogen (secondary N) is 1. The molecule has 3 rings (SSSR count). The van der Waals surface area contributed by atoms with Crippen molar-refractivity contribution in [1.29, 1.82) is 0 Å². The number of aromatic nitrogens is 3. The number of carbonyl (C=O) groups is 1. The molecule has 1 aliphatic heterocycles. The SMILES string of the molecule is CN(CCOc1cccc(Cl)c1)C(=O)c1cn(C2CCNCC2)nn1. The molecular weight excluding hydrogens is 342 g/mol. The van der Waals surface area contributed by atoms with Gasteiger partial charge in [-0.3, -0.25) is 4.79 Å². The highest BCUT2D eigenvalue weighted by Gasteiger charge is 2.20. The molecule has 1 aromatic heterocycles. The Kier molecular flexibility index (Phi) is 5.88. The second-order valence-electron chi connectivity index (χ2n) is 6.10. The molecule has 7 nitrogen and oxygen atoms in total. The number of nitrogens with zero attached hydrogens (tertiary/aromatic N) is 4. The van der Waals surface area contributed by atoms with Crippen LogP contribution >= 0.6 is 11.6 Å². The molecular formula is C17H22ClN5O2. The van der Waals surface area contributed by atoms with Gasteiger partial charge in [0.05, 0.1) is 18.8 Å². The minimum absolute atomic E-state index is 0.158. The summed E-state index contributed by atoms with van der Waals surface area (Å²) in [5.41, 5.74) is 0.365. The summed E-state index contributed by atoms with van der Waals surface area (Å²) in [5.74, 6) is 0.528. The molecule has 2 heterocycles. The normalized spacial score (nSPS) is 15.1. The van der Waals surface area contributed by atoms with Gasteiger partial charge in [-0.15, -0.1) is 5.10 Å². The highest BCUT2D eigenvalue weighted by Crippen LogP contribution is 2.18. The van der Waals surface area contributed by atoms with E-state index in [4.69, 9.17) is 16.3 Å². The zero-order valence-electron chi connectivity index (χ0n) is 14.2. The lowest BCUT2D eigenvalue weighted by Crippen LogP contribution is -2.31. The van der Waals surface area contributed by atoms with Crippen molar-refractivity contribution < 1.29 is 9.53 Å². The third-order valence-electron chi connectivity index (χ3n) is 4.25. The van der Waals surface area contributed by atoms with E-state index in [1.807, 2.05) is 16.8 Å². The van der Waals surface area contributed by atoms with Gasteiger partial charge in [0.1, 0.15) is 12.4 Å². The van der Waals surface area contributed by atoms with E-state index in [0.29, 0.717) is 35.7 Å². The van der Waals surface area contributed by atoms with E-state index < -0.39 is 0 Å². The molecule has 0 atom stereocenters. The van der Waals surface area contributed by atoms with Crippen LogP contribution in [0.1, 0.15) is 29.4 Å². The van der Waals surface area contributed by atoms with Crippen molar-refractivity contribution in [1.82, 2.24) is 25.2 Å². The van der Waals surface area contributed by atoms with Crippen LogP contribution in [-0.2, 0) is 0 Å². The average molecular weight is 364 g/mol. The smallest absolute Gasteiger partial charge is 0.275 e. The third kappa shape index (κ3) is 4.70. The molecule has 0 unspecified atom stereocenters. The summed E-state index contributed by atoms with van der Waals surface area (Å²) in [4.78, 5) is 14.0. The zero-order chi connectivity index (χ0) is 17.6. The summed E-state index contributed by atoms with van der Waals surface area (Å²) in [6.45, 7) is 2.76. The number of hydrogen-bond donors (Lipinski definition) is 1. The van der Waals surface area contributed by atoms with E-state index in [9.17, 15) is 4.79 Å². The Morgan fingerprint density at radius 3 is 3.00 bits per heavy atom. The van der Waals surface area contributed by atoms with Gasteiger partial charge in [0.25, 0.3) is 5.91 Å². The molecule has 1 aromatic carbocycles. The van der Waals surface area contributed by atoms with Crippen LogP contribution in [0.25, 0.3) is 0 Å². The molecule has 1 N–H and O–H groups in total. The summed E-state index contributed by atoms with van der Waals surface area (Å²) in [7, 11) is 1.73. The van der Waals surface area contributed by atoms with E-state index >= 15 is 0 Å². The first kappa shape index (κ1) is 17.7. The number of rotatable bonds is 6. The second kappa shape index (κ2) is 8.31. The predicted molar refractivity (Wildman–Crippen MR) is 95.1 cm³/mol. The zero-order valence-corrected chi connectivity index (χ0v) is 14.9. The number of hydrogen-bond acceptors (Lipinski definition) is 5. The van der Waals surface area contributed by atoms with Crippen LogP contribution in [0.4, 0.5) is 0 Å². The Hall–Kier alpha value is -2.12. The van der Waals surface area contributed by atoms with E-state index in [-0.39, 0.29) is 5.91 Å². The Balaban J connectivity index is 1.51. The highest BCUT2D eigenvalue weighted by atomic mass is 35.5. The maximum Gasteiger partial charge on any atom is 0.275 e. The molecule has 0 saturated carbocycles. The van der Waals surface area contributed by atoms with Crippen LogP contribution in [0.15, 0.2) is 30.5 Å². The van der Waals surface area contributed by atoms with E-state index in [0.717, 1.165) is 25.9 Å². The van der Waals surface area contributed by atoms with Crippen molar-refractivity contribution in [3.8, 4) is 5.75 Å². The van der Waals surface area contributed by atoms with Gasteiger partial charge in [0.15, 0.2) is 5.69 Å². The summed E-state index contributed by atoms with van der Waals surface area (Å²) >= 11 is 5.92. The number of piperidine rings is 1. The van der Waals surface area contributed by atoms with Gasteiger partial charge in [-0.05, 0) is 44.1 Å². The highest BCUT2D eigenvalue weighted by molar-refractivity contribution is 6.30. The standard InChI is InChI=1S/C17H22ClN5O2/c1-22(9-10-25-15-4-2-3-13(18)11-15)17(24)16-12-23(21-20-16)14-5-7-19-8-6-14/h2-4,11-12,14,19H,5-10H2,1H3. The summed E-state index contributed by atoms with van der Waals surface area (Å²) < 4.78 is 7.43. The van der Waals surface area contributed by atoms with Gasteiger partial charge in [-0.1, -0.05) is 22.9 Å². The van der Waals surface area contributed by atoms with Crippen LogP contribution in [-0.4, -0.2) is 59.1 Å². The lowest BCUT2D eigenvalue weighted by atomic mass is 10.1. The Labute approximate surface area is 151 Å². The van der Waals surface area contributed by atoms with Crippen molar-refractivity contribution in [2.75, 3.05) is 33.3 Å². The van der Waals surface area contributed by atoms with Gasteiger partial charge in [-0.25, -0.2) is 4.68 Å². The second-order valence-corrected chi connectivity index (χ2v) is 6.53. The molecule has 2 aromatic rings.